The van der Waals surface area contributed by atoms with Crippen LogP contribution in [-0.4, -0.2) is 12.5 Å². The molecule has 0 atom stereocenters. The number of rotatable bonds is 2. The average molecular weight is 278 g/mol. The summed E-state index contributed by atoms with van der Waals surface area (Å²) in [7, 11) is 0. The first kappa shape index (κ1) is 13.7. The molecule has 0 aromatic heterocycles. The fourth-order valence-electron chi connectivity index (χ4n) is 2.59. The van der Waals surface area contributed by atoms with Crippen LogP contribution in [0, 0.1) is 5.82 Å². The molecule has 0 amide bonds. The van der Waals surface area contributed by atoms with E-state index >= 15 is 0 Å². The lowest BCUT2D eigenvalue weighted by atomic mass is 9.68. The van der Waals surface area contributed by atoms with Gasteiger partial charge in [-0.2, -0.15) is 0 Å². The van der Waals surface area contributed by atoms with Gasteiger partial charge in [-0.25, -0.2) is 13.2 Å². The van der Waals surface area contributed by atoms with Crippen molar-refractivity contribution in [3.05, 3.63) is 34.6 Å². The van der Waals surface area contributed by atoms with Crippen LogP contribution in [0.4, 0.5) is 13.2 Å². The summed E-state index contributed by atoms with van der Waals surface area (Å²) < 4.78 is 40.5. The van der Waals surface area contributed by atoms with Gasteiger partial charge in [0.1, 0.15) is 5.82 Å². The Bertz CT molecular complexity index is 438. The molecule has 0 unspecified atom stereocenters. The Morgan fingerprint density at radius 3 is 2.33 bits per heavy atom. The third-order valence-electron chi connectivity index (χ3n) is 3.85. The van der Waals surface area contributed by atoms with Gasteiger partial charge in [-0.15, -0.1) is 0 Å². The molecular weight excluding hydrogens is 263 g/mol. The van der Waals surface area contributed by atoms with E-state index in [-0.39, 0.29) is 37.3 Å². The van der Waals surface area contributed by atoms with Crippen molar-refractivity contribution in [2.24, 2.45) is 5.73 Å². The molecule has 0 bridgehead atoms. The van der Waals surface area contributed by atoms with Crippen molar-refractivity contribution in [2.75, 3.05) is 6.54 Å². The Morgan fingerprint density at radius 1 is 1.17 bits per heavy atom. The van der Waals surface area contributed by atoms with Crippen molar-refractivity contribution in [3.8, 4) is 0 Å². The topological polar surface area (TPSA) is 26.0 Å². The van der Waals surface area contributed by atoms with Gasteiger partial charge in [0.15, 0.2) is 0 Å². The van der Waals surface area contributed by atoms with E-state index in [0.29, 0.717) is 5.56 Å². The van der Waals surface area contributed by atoms with E-state index in [1.165, 1.54) is 6.07 Å². The van der Waals surface area contributed by atoms with Crippen LogP contribution in [0.15, 0.2) is 18.2 Å². The lowest BCUT2D eigenvalue weighted by Gasteiger charge is -2.40. The molecule has 0 aliphatic heterocycles. The van der Waals surface area contributed by atoms with Crippen LogP contribution in [-0.2, 0) is 5.41 Å². The summed E-state index contributed by atoms with van der Waals surface area (Å²) in [6.45, 7) is 0.153. The number of alkyl halides is 2. The first-order chi connectivity index (χ1) is 8.40. The van der Waals surface area contributed by atoms with Gasteiger partial charge in [0.2, 0.25) is 5.92 Å². The molecule has 0 heterocycles. The highest BCUT2D eigenvalue weighted by molar-refractivity contribution is 6.30. The van der Waals surface area contributed by atoms with Crippen LogP contribution >= 0.6 is 11.6 Å². The molecule has 1 aromatic rings. The summed E-state index contributed by atoms with van der Waals surface area (Å²) in [5, 5.41) is 0.0117. The first-order valence-electron chi connectivity index (χ1n) is 5.93. The minimum absolute atomic E-state index is 0.0117. The van der Waals surface area contributed by atoms with Crippen molar-refractivity contribution in [2.45, 2.75) is 37.0 Å². The van der Waals surface area contributed by atoms with Gasteiger partial charge in [0.25, 0.3) is 0 Å². The summed E-state index contributed by atoms with van der Waals surface area (Å²) in [6.07, 6.45) is -0.131. The summed E-state index contributed by atoms with van der Waals surface area (Å²) in [4.78, 5) is 0. The number of nitrogens with two attached hydrogens (primary N) is 1. The molecule has 5 heteroatoms. The first-order valence-corrected chi connectivity index (χ1v) is 6.30. The van der Waals surface area contributed by atoms with E-state index < -0.39 is 17.2 Å². The van der Waals surface area contributed by atoms with E-state index in [1.807, 2.05) is 0 Å². The number of hydrogen-bond donors (Lipinski definition) is 1. The largest absolute Gasteiger partial charge is 0.330 e. The zero-order valence-electron chi connectivity index (χ0n) is 9.86. The van der Waals surface area contributed by atoms with Gasteiger partial charge < -0.3 is 5.73 Å². The van der Waals surface area contributed by atoms with Crippen LogP contribution < -0.4 is 5.73 Å². The second kappa shape index (κ2) is 4.74. The maximum absolute atomic E-state index is 14.0. The predicted octanol–water partition coefficient (Wildman–Crippen LogP) is 3.88. The monoisotopic (exact) mass is 277 g/mol. The Labute approximate surface area is 109 Å². The zero-order chi connectivity index (χ0) is 13.4. The molecular formula is C13H15ClF3N. The molecule has 0 saturated heterocycles. The van der Waals surface area contributed by atoms with Crippen molar-refractivity contribution in [1.82, 2.24) is 0 Å². The standard InChI is InChI=1S/C13H15ClF3N/c14-10-3-1-2-9(11(10)15)12(8-18)4-6-13(16,17)7-5-12/h1-3H,4-8,18H2. The lowest BCUT2D eigenvalue weighted by Crippen LogP contribution is -2.42. The van der Waals surface area contributed by atoms with Gasteiger partial charge in [0.05, 0.1) is 5.02 Å². The Kier molecular flexibility index (Phi) is 3.60. The summed E-state index contributed by atoms with van der Waals surface area (Å²) in [5.41, 5.74) is 5.38. The molecule has 1 aliphatic rings. The second-order valence-electron chi connectivity index (χ2n) is 4.94. The Balaban J connectivity index is 2.37. The molecule has 0 radical (unpaired) electrons. The minimum Gasteiger partial charge on any atom is -0.330 e. The van der Waals surface area contributed by atoms with Gasteiger partial charge in [-0.1, -0.05) is 23.7 Å². The SMILES string of the molecule is NCC1(c2cccc(Cl)c2F)CCC(F)(F)CC1. The summed E-state index contributed by atoms with van der Waals surface area (Å²) in [5.74, 6) is -3.19. The third-order valence-corrected chi connectivity index (χ3v) is 4.14. The fraction of sp³-hybridized carbons (Fsp3) is 0.538. The van der Waals surface area contributed by atoms with Crippen LogP contribution in [0.5, 0.6) is 0 Å². The molecule has 1 nitrogen and oxygen atoms in total. The van der Waals surface area contributed by atoms with Crippen molar-refractivity contribution >= 4 is 11.6 Å². The van der Waals surface area contributed by atoms with Crippen molar-refractivity contribution < 1.29 is 13.2 Å². The highest BCUT2D eigenvalue weighted by atomic mass is 35.5. The summed E-state index contributed by atoms with van der Waals surface area (Å²) >= 11 is 5.74. The van der Waals surface area contributed by atoms with Gasteiger partial charge >= 0.3 is 0 Å². The van der Waals surface area contributed by atoms with Crippen LogP contribution in [0.1, 0.15) is 31.2 Å². The van der Waals surface area contributed by atoms with Crippen LogP contribution in [0.25, 0.3) is 0 Å². The maximum Gasteiger partial charge on any atom is 0.248 e. The number of hydrogen-bond acceptors (Lipinski definition) is 1. The van der Waals surface area contributed by atoms with E-state index in [2.05, 4.69) is 0 Å². The smallest absolute Gasteiger partial charge is 0.248 e. The van der Waals surface area contributed by atoms with Gasteiger partial charge in [-0.3, -0.25) is 0 Å². The van der Waals surface area contributed by atoms with Crippen LogP contribution in [0.2, 0.25) is 5.02 Å². The maximum atomic E-state index is 14.0. The van der Waals surface area contributed by atoms with Gasteiger partial charge in [-0.05, 0) is 24.5 Å². The molecule has 2 N–H and O–H groups in total. The van der Waals surface area contributed by atoms with Gasteiger partial charge in [0, 0.05) is 24.8 Å². The van der Waals surface area contributed by atoms with E-state index in [1.54, 1.807) is 12.1 Å². The van der Waals surface area contributed by atoms with E-state index in [4.69, 9.17) is 17.3 Å². The predicted molar refractivity (Wildman–Crippen MR) is 65.6 cm³/mol. The van der Waals surface area contributed by atoms with Crippen LogP contribution in [0.3, 0.4) is 0 Å². The molecule has 1 aromatic carbocycles. The summed E-state index contributed by atoms with van der Waals surface area (Å²) in [6, 6.07) is 4.67. The molecule has 0 spiro atoms. The van der Waals surface area contributed by atoms with E-state index in [9.17, 15) is 13.2 Å². The normalized spacial score (nSPS) is 21.8. The van der Waals surface area contributed by atoms with E-state index in [0.717, 1.165) is 0 Å². The molecule has 2 rings (SSSR count). The minimum atomic E-state index is -2.66. The fourth-order valence-corrected chi connectivity index (χ4v) is 2.77. The van der Waals surface area contributed by atoms with Crippen molar-refractivity contribution in [1.29, 1.82) is 0 Å². The second-order valence-corrected chi connectivity index (χ2v) is 5.35. The quantitative estimate of drug-likeness (QED) is 0.872. The number of benzene rings is 1. The molecule has 100 valence electrons. The zero-order valence-corrected chi connectivity index (χ0v) is 10.6. The highest BCUT2D eigenvalue weighted by Gasteiger charge is 2.44. The average Bonchev–Trinajstić information content (AvgIpc) is 2.34. The molecule has 1 saturated carbocycles. The Morgan fingerprint density at radius 2 is 1.78 bits per heavy atom. The highest BCUT2D eigenvalue weighted by Crippen LogP contribution is 2.46. The van der Waals surface area contributed by atoms with Crippen molar-refractivity contribution in [3.63, 3.8) is 0 Å². The third kappa shape index (κ3) is 2.36. The number of halogens is 4. The Hall–Kier alpha value is -0.740. The molecule has 1 aliphatic carbocycles. The molecule has 1 fully saturated rings. The molecule has 18 heavy (non-hydrogen) atoms. The lowest BCUT2D eigenvalue weighted by molar-refractivity contribution is -0.0513.